The van der Waals surface area contributed by atoms with Gasteiger partial charge in [-0.05, 0) is 44.9 Å². The van der Waals surface area contributed by atoms with Gasteiger partial charge in [-0.2, -0.15) is 0 Å². The molecule has 1 atom stereocenters. The maximum atomic E-state index is 12.9. The minimum Gasteiger partial charge on any atom is -0.462 e. The number of hydrogen-bond acceptors (Lipinski definition) is 6. The molecule has 6 heteroatoms. The molecule has 0 rings (SSSR count). The number of esters is 3. The monoisotopic (exact) mass is 1050 g/mol. The molecule has 0 amide bonds. The number of carbonyl (C=O) groups is 3. The lowest BCUT2D eigenvalue weighted by molar-refractivity contribution is -0.166. The molecule has 0 aromatic carbocycles. The summed E-state index contributed by atoms with van der Waals surface area (Å²) in [6, 6.07) is 0. The van der Waals surface area contributed by atoms with Gasteiger partial charge in [0.15, 0.2) is 6.10 Å². The molecule has 0 radical (unpaired) electrons. The van der Waals surface area contributed by atoms with E-state index in [2.05, 4.69) is 63.3 Å². The van der Waals surface area contributed by atoms with Crippen LogP contribution < -0.4 is 0 Å². The number of carbonyl (C=O) groups excluding carboxylic acids is 3. The number of ether oxygens (including phenoxy) is 3. The van der Waals surface area contributed by atoms with Crippen LogP contribution in [0.5, 0.6) is 0 Å². The highest BCUT2D eigenvalue weighted by atomic mass is 16.6. The Balaban J connectivity index is 4.26. The van der Waals surface area contributed by atoms with Gasteiger partial charge in [0.25, 0.3) is 0 Å². The van der Waals surface area contributed by atoms with Crippen molar-refractivity contribution in [3.63, 3.8) is 0 Å². The van der Waals surface area contributed by atoms with Gasteiger partial charge in [0.1, 0.15) is 13.2 Å². The minimum atomic E-state index is -0.799. The Morgan fingerprint density at radius 3 is 0.813 bits per heavy atom. The molecule has 1 unspecified atom stereocenters. The zero-order valence-corrected chi connectivity index (χ0v) is 50.3. The normalized spacial score (nSPS) is 12.3. The molecule has 0 aliphatic heterocycles. The van der Waals surface area contributed by atoms with Crippen molar-refractivity contribution in [2.24, 2.45) is 0 Å². The summed E-state index contributed by atoms with van der Waals surface area (Å²) in [5, 5.41) is 0. The lowest BCUT2D eigenvalue weighted by atomic mass is 10.0. The van der Waals surface area contributed by atoms with E-state index in [1.165, 1.54) is 244 Å². The van der Waals surface area contributed by atoms with E-state index >= 15 is 0 Å². The maximum Gasteiger partial charge on any atom is 0.306 e. The molecule has 0 aromatic rings. The molecule has 0 fully saturated rings. The zero-order valence-electron chi connectivity index (χ0n) is 50.3. The highest BCUT2D eigenvalue weighted by molar-refractivity contribution is 5.71. The van der Waals surface area contributed by atoms with Crippen LogP contribution in [0.15, 0.2) is 48.6 Å². The molecule has 6 nitrogen and oxygen atoms in total. The first-order valence-corrected chi connectivity index (χ1v) is 33.1. The van der Waals surface area contributed by atoms with Gasteiger partial charge in [0.2, 0.25) is 0 Å². The molecule has 438 valence electrons. The fourth-order valence-corrected chi connectivity index (χ4v) is 9.93. The van der Waals surface area contributed by atoms with E-state index in [0.717, 1.165) is 64.2 Å². The topological polar surface area (TPSA) is 78.9 Å². The number of unbranched alkanes of at least 4 members (excludes halogenated alkanes) is 42. The Hall–Kier alpha value is -2.63. The third kappa shape index (κ3) is 62.1. The molecule has 0 bridgehead atoms. The van der Waals surface area contributed by atoms with Crippen LogP contribution in [-0.2, 0) is 28.6 Å². The minimum absolute atomic E-state index is 0.0899. The first kappa shape index (κ1) is 72.4. The summed E-state index contributed by atoms with van der Waals surface area (Å²) in [4.78, 5) is 38.3. The van der Waals surface area contributed by atoms with E-state index in [1.54, 1.807) is 0 Å². The summed E-state index contributed by atoms with van der Waals surface area (Å²) < 4.78 is 16.9. The van der Waals surface area contributed by atoms with Gasteiger partial charge in [-0.25, -0.2) is 0 Å². The van der Waals surface area contributed by atoms with Gasteiger partial charge in [-0.1, -0.05) is 339 Å². The summed E-state index contributed by atoms with van der Waals surface area (Å²) in [7, 11) is 0. The van der Waals surface area contributed by atoms with Gasteiger partial charge < -0.3 is 14.2 Å². The zero-order chi connectivity index (χ0) is 54.3. The average molecular weight is 1050 g/mol. The molecule has 0 heterocycles. The van der Waals surface area contributed by atoms with E-state index in [4.69, 9.17) is 14.2 Å². The molecular formula is C69H126O6. The number of rotatable bonds is 61. The van der Waals surface area contributed by atoms with Crippen molar-refractivity contribution < 1.29 is 28.6 Å². The lowest BCUT2D eigenvalue weighted by Gasteiger charge is -2.18. The van der Waals surface area contributed by atoms with E-state index in [-0.39, 0.29) is 37.5 Å². The highest BCUT2D eigenvalue weighted by Gasteiger charge is 2.19. The largest absolute Gasteiger partial charge is 0.462 e. The van der Waals surface area contributed by atoms with Crippen molar-refractivity contribution in [3.05, 3.63) is 48.6 Å². The van der Waals surface area contributed by atoms with Crippen LogP contribution in [0.2, 0.25) is 0 Å². The van der Waals surface area contributed by atoms with Crippen LogP contribution in [0, 0.1) is 0 Å². The molecular weight excluding hydrogens is 925 g/mol. The fraction of sp³-hybridized carbons (Fsp3) is 0.841. The highest BCUT2D eigenvalue weighted by Crippen LogP contribution is 2.18. The van der Waals surface area contributed by atoms with Gasteiger partial charge in [-0.15, -0.1) is 0 Å². The Kier molecular flexibility index (Phi) is 61.7. The number of hydrogen-bond donors (Lipinski definition) is 0. The van der Waals surface area contributed by atoms with Gasteiger partial charge >= 0.3 is 17.9 Å². The van der Waals surface area contributed by atoms with Crippen LogP contribution in [0.3, 0.4) is 0 Å². The summed E-state index contributed by atoms with van der Waals surface area (Å²) in [5.74, 6) is -0.951. The summed E-state index contributed by atoms with van der Waals surface area (Å²) in [6.45, 7) is 6.53. The molecule has 0 aliphatic carbocycles. The Bertz CT molecular complexity index is 1300. The summed E-state index contributed by atoms with van der Waals surface area (Å²) in [5.41, 5.74) is 0. The Morgan fingerprint density at radius 2 is 0.520 bits per heavy atom. The standard InChI is InChI=1S/C69H126O6/c1-4-7-10-13-16-19-22-25-27-29-31-32-33-34-35-36-38-39-41-44-47-50-53-56-59-62-68(71)74-65-66(64-73-67(70)61-58-55-52-49-46-43-24-21-18-15-12-9-6-3)75-69(72)63-60-57-54-51-48-45-42-40-37-30-28-26-23-20-17-14-11-8-5-2/h9,12,18,21,43,46,52,55,66H,4-8,10-11,13-17,19-20,22-42,44-45,47-51,53-54,56-65H2,1-3H3/b12-9-,21-18-,46-43-,55-52-. The predicted octanol–water partition coefficient (Wildman–Crippen LogP) is 22.6. The molecule has 0 spiro atoms. The molecule has 0 N–H and O–H groups in total. The Morgan fingerprint density at radius 1 is 0.280 bits per heavy atom. The number of allylic oxidation sites excluding steroid dienone is 8. The fourth-order valence-electron chi connectivity index (χ4n) is 9.93. The third-order valence-corrected chi connectivity index (χ3v) is 14.9. The van der Waals surface area contributed by atoms with Gasteiger partial charge in [-0.3, -0.25) is 14.4 Å². The second kappa shape index (κ2) is 63.9. The van der Waals surface area contributed by atoms with Crippen LogP contribution in [0.4, 0.5) is 0 Å². The van der Waals surface area contributed by atoms with Crippen LogP contribution in [-0.4, -0.2) is 37.2 Å². The molecule has 0 aliphatic rings. The molecule has 0 saturated carbocycles. The van der Waals surface area contributed by atoms with E-state index in [9.17, 15) is 14.4 Å². The van der Waals surface area contributed by atoms with Crippen molar-refractivity contribution in [3.8, 4) is 0 Å². The van der Waals surface area contributed by atoms with E-state index in [0.29, 0.717) is 19.3 Å². The average Bonchev–Trinajstić information content (AvgIpc) is 3.41. The first-order valence-electron chi connectivity index (χ1n) is 33.1. The van der Waals surface area contributed by atoms with Crippen molar-refractivity contribution in [2.75, 3.05) is 13.2 Å². The maximum absolute atomic E-state index is 12.9. The molecule has 75 heavy (non-hydrogen) atoms. The van der Waals surface area contributed by atoms with Gasteiger partial charge in [0, 0.05) is 19.3 Å². The second-order valence-electron chi connectivity index (χ2n) is 22.4. The van der Waals surface area contributed by atoms with Crippen LogP contribution in [0.1, 0.15) is 355 Å². The lowest BCUT2D eigenvalue weighted by Crippen LogP contribution is -2.30. The quantitative estimate of drug-likeness (QED) is 0.0261. The van der Waals surface area contributed by atoms with Gasteiger partial charge in [0.05, 0.1) is 0 Å². The Labute approximate surface area is 467 Å². The smallest absolute Gasteiger partial charge is 0.306 e. The summed E-state index contributed by atoms with van der Waals surface area (Å²) in [6.07, 6.45) is 80.1. The van der Waals surface area contributed by atoms with Crippen molar-refractivity contribution in [2.45, 2.75) is 361 Å². The van der Waals surface area contributed by atoms with Crippen molar-refractivity contribution >= 4 is 17.9 Å². The SMILES string of the molecule is CC/C=C\C/C=C\C/C=C\C/C=C\CCC(=O)OCC(COC(=O)CCCCCCCCCCCCCCCCCCCCCCCCCCC)OC(=O)CCCCCCCCCCCCCCCCCCCCC. The van der Waals surface area contributed by atoms with E-state index in [1.807, 2.05) is 6.08 Å². The third-order valence-electron chi connectivity index (χ3n) is 14.9. The second-order valence-corrected chi connectivity index (χ2v) is 22.4. The van der Waals surface area contributed by atoms with Crippen molar-refractivity contribution in [1.29, 1.82) is 0 Å². The van der Waals surface area contributed by atoms with Crippen LogP contribution >= 0.6 is 0 Å². The molecule has 0 aromatic heterocycles. The summed E-state index contributed by atoms with van der Waals surface area (Å²) >= 11 is 0. The predicted molar refractivity (Wildman–Crippen MR) is 325 cm³/mol. The van der Waals surface area contributed by atoms with Crippen molar-refractivity contribution in [1.82, 2.24) is 0 Å². The first-order chi connectivity index (χ1) is 37.0. The molecule has 0 saturated heterocycles. The van der Waals surface area contributed by atoms with Crippen LogP contribution in [0.25, 0.3) is 0 Å². The van der Waals surface area contributed by atoms with E-state index < -0.39 is 6.10 Å².